The largest absolute Gasteiger partial charge is 0.493 e. The first-order valence-corrected chi connectivity index (χ1v) is 12.2. The molecule has 2 heterocycles. The molecule has 2 N–H and O–H groups in total. The van der Waals surface area contributed by atoms with E-state index < -0.39 is 0 Å². The van der Waals surface area contributed by atoms with Gasteiger partial charge in [0, 0.05) is 23.8 Å². The van der Waals surface area contributed by atoms with Crippen molar-refractivity contribution < 1.29 is 18.7 Å². The number of likely N-dealkylation sites (tertiary alicyclic amines) is 1. The number of hydrogen-bond acceptors (Lipinski definition) is 5. The van der Waals surface area contributed by atoms with E-state index in [-0.39, 0.29) is 23.4 Å². The van der Waals surface area contributed by atoms with Gasteiger partial charge in [0.15, 0.2) is 17.3 Å². The summed E-state index contributed by atoms with van der Waals surface area (Å²) in [6.45, 7) is 5.11. The van der Waals surface area contributed by atoms with Gasteiger partial charge in [-0.05, 0) is 93.7 Å². The van der Waals surface area contributed by atoms with Crippen LogP contribution in [0.3, 0.4) is 0 Å². The van der Waals surface area contributed by atoms with E-state index in [1.807, 2.05) is 30.3 Å². The van der Waals surface area contributed by atoms with Gasteiger partial charge in [0.2, 0.25) is 5.91 Å². The lowest BCUT2D eigenvalue weighted by atomic mass is 10.1. The summed E-state index contributed by atoms with van der Waals surface area (Å²) in [4.78, 5) is 15.6. The van der Waals surface area contributed by atoms with Crippen LogP contribution in [-0.4, -0.2) is 57.8 Å². The quantitative estimate of drug-likeness (QED) is 0.588. The highest BCUT2D eigenvalue weighted by Gasteiger charge is 2.26. The molecule has 1 unspecified atom stereocenters. The van der Waals surface area contributed by atoms with E-state index in [2.05, 4.69) is 9.80 Å². The molecule has 0 bridgehead atoms. The first-order chi connectivity index (χ1) is 16.4. The molecule has 2 saturated heterocycles. The highest BCUT2D eigenvalue weighted by atomic mass is 35.5. The van der Waals surface area contributed by atoms with Crippen LogP contribution in [0, 0.1) is 11.7 Å². The van der Waals surface area contributed by atoms with Crippen LogP contribution in [0.2, 0.25) is 5.02 Å². The minimum atomic E-state index is -0.349. The number of nitrogens with zero attached hydrogens (tertiary/aromatic N) is 2. The van der Waals surface area contributed by atoms with E-state index in [4.69, 9.17) is 26.8 Å². The third kappa shape index (κ3) is 7.24. The van der Waals surface area contributed by atoms with Gasteiger partial charge in [0.1, 0.15) is 0 Å². The molecular formula is C26H35ClFN3O3. The van der Waals surface area contributed by atoms with E-state index in [0.717, 1.165) is 55.2 Å². The molecule has 1 amide bonds. The monoisotopic (exact) mass is 491 g/mol. The van der Waals surface area contributed by atoms with Gasteiger partial charge in [-0.2, -0.15) is 0 Å². The van der Waals surface area contributed by atoms with Crippen LogP contribution in [0.5, 0.6) is 11.5 Å². The molecule has 2 aliphatic heterocycles. The summed E-state index contributed by atoms with van der Waals surface area (Å²) >= 11 is 5.80. The Labute approximate surface area is 206 Å². The van der Waals surface area contributed by atoms with E-state index in [1.165, 1.54) is 40.2 Å². The van der Waals surface area contributed by atoms with Crippen molar-refractivity contribution in [2.45, 2.75) is 32.1 Å². The number of amides is 1. The molecule has 186 valence electrons. The van der Waals surface area contributed by atoms with Crippen LogP contribution in [-0.2, 0) is 11.2 Å². The fourth-order valence-electron chi connectivity index (χ4n) is 4.51. The summed E-state index contributed by atoms with van der Waals surface area (Å²) in [5.74, 6) is 0.0922. The summed E-state index contributed by atoms with van der Waals surface area (Å²) in [6, 6.07) is 11.1. The van der Waals surface area contributed by atoms with Crippen molar-refractivity contribution in [3.05, 3.63) is 52.8 Å². The number of rotatable bonds is 8. The predicted molar refractivity (Wildman–Crippen MR) is 134 cm³/mol. The normalized spacial score (nSPS) is 17.9. The molecule has 2 aliphatic rings. The van der Waals surface area contributed by atoms with Crippen molar-refractivity contribution >= 4 is 23.2 Å². The van der Waals surface area contributed by atoms with Crippen LogP contribution in [0.15, 0.2) is 36.4 Å². The standard InChI is InChI=1S/C15H22FNO2.C11H13ClN2O/c1-18-14-11-12(10-13(16)15(14)19-2)6-5-9-17-7-3-4-8-17;12-9-1-3-10(4-2-9)14-6-5-8(7-14)11(13)15/h10-11H,3-9H2,1-2H3;1-4,8H,5-7H2,(H2,13,15). The molecule has 0 aromatic heterocycles. The number of ether oxygens (including phenoxy) is 2. The molecular weight excluding hydrogens is 457 g/mol. The lowest BCUT2D eigenvalue weighted by molar-refractivity contribution is -0.121. The van der Waals surface area contributed by atoms with Crippen LogP contribution in [0.4, 0.5) is 10.1 Å². The summed E-state index contributed by atoms with van der Waals surface area (Å²) < 4.78 is 24.0. The molecule has 2 fully saturated rings. The zero-order chi connectivity index (χ0) is 24.5. The number of hydrogen-bond donors (Lipinski definition) is 1. The number of primary amides is 1. The fraction of sp³-hybridized carbons (Fsp3) is 0.500. The number of nitrogens with two attached hydrogens (primary N) is 1. The number of carbonyl (C=O) groups excluding carboxylic acids is 1. The van der Waals surface area contributed by atoms with Gasteiger partial charge in [-0.15, -0.1) is 0 Å². The smallest absolute Gasteiger partial charge is 0.222 e. The van der Waals surface area contributed by atoms with Crippen molar-refractivity contribution in [1.29, 1.82) is 0 Å². The highest BCUT2D eigenvalue weighted by Crippen LogP contribution is 2.31. The van der Waals surface area contributed by atoms with Gasteiger partial charge in [-0.3, -0.25) is 4.79 Å². The zero-order valence-electron chi connectivity index (χ0n) is 20.1. The molecule has 0 spiro atoms. The van der Waals surface area contributed by atoms with Gasteiger partial charge >= 0.3 is 0 Å². The molecule has 0 aliphatic carbocycles. The maximum Gasteiger partial charge on any atom is 0.222 e. The van der Waals surface area contributed by atoms with Crippen LogP contribution in [0.1, 0.15) is 31.2 Å². The Balaban J connectivity index is 0.000000196. The van der Waals surface area contributed by atoms with Gasteiger partial charge in [0.25, 0.3) is 0 Å². The Kier molecular flexibility index (Phi) is 9.84. The van der Waals surface area contributed by atoms with Crippen molar-refractivity contribution in [2.24, 2.45) is 11.7 Å². The topological polar surface area (TPSA) is 68.0 Å². The van der Waals surface area contributed by atoms with E-state index in [1.54, 1.807) is 6.07 Å². The summed E-state index contributed by atoms with van der Waals surface area (Å²) in [5, 5.41) is 0.726. The number of anilines is 1. The molecule has 2 aromatic rings. The molecule has 8 heteroatoms. The molecule has 1 atom stereocenters. The Morgan fingerprint density at radius 3 is 2.41 bits per heavy atom. The maximum absolute atomic E-state index is 13.8. The number of halogens is 2. The molecule has 4 rings (SSSR count). The van der Waals surface area contributed by atoms with E-state index in [9.17, 15) is 9.18 Å². The SMILES string of the molecule is COc1cc(CCCN2CCCC2)cc(F)c1OC.NC(=O)C1CCN(c2ccc(Cl)cc2)C1. The molecule has 34 heavy (non-hydrogen) atoms. The van der Waals surface area contributed by atoms with Crippen LogP contribution < -0.4 is 20.1 Å². The van der Waals surface area contributed by atoms with Crippen molar-refractivity contribution in [1.82, 2.24) is 4.90 Å². The average Bonchev–Trinajstić information content (AvgIpc) is 3.52. The summed E-state index contributed by atoms with van der Waals surface area (Å²) in [6.07, 6.45) is 5.39. The van der Waals surface area contributed by atoms with Crippen molar-refractivity contribution in [3.8, 4) is 11.5 Å². The second-order valence-corrected chi connectivity index (χ2v) is 9.21. The molecule has 2 aromatic carbocycles. The second-order valence-electron chi connectivity index (χ2n) is 8.78. The van der Waals surface area contributed by atoms with Crippen molar-refractivity contribution in [3.63, 3.8) is 0 Å². The second kappa shape index (κ2) is 12.8. The number of benzene rings is 2. The van der Waals surface area contributed by atoms with Crippen molar-refractivity contribution in [2.75, 3.05) is 51.8 Å². The number of carbonyl (C=O) groups is 1. The van der Waals surface area contributed by atoms with E-state index >= 15 is 0 Å². The van der Waals surface area contributed by atoms with Gasteiger partial charge in [0.05, 0.1) is 20.1 Å². The summed E-state index contributed by atoms with van der Waals surface area (Å²) in [5.41, 5.74) is 7.34. The maximum atomic E-state index is 13.8. The Morgan fingerprint density at radius 1 is 1.12 bits per heavy atom. The Morgan fingerprint density at radius 2 is 1.82 bits per heavy atom. The van der Waals surface area contributed by atoms with Crippen LogP contribution in [0.25, 0.3) is 0 Å². The van der Waals surface area contributed by atoms with Crippen LogP contribution >= 0.6 is 11.6 Å². The minimum absolute atomic E-state index is 0.0133. The predicted octanol–water partition coefficient (Wildman–Crippen LogP) is 4.52. The number of aryl methyl sites for hydroxylation is 1. The first-order valence-electron chi connectivity index (χ1n) is 11.8. The Bertz CT molecular complexity index is 936. The molecule has 6 nitrogen and oxygen atoms in total. The van der Waals surface area contributed by atoms with Gasteiger partial charge in [-0.1, -0.05) is 11.6 Å². The van der Waals surface area contributed by atoms with Gasteiger partial charge < -0.3 is 25.0 Å². The zero-order valence-corrected chi connectivity index (χ0v) is 20.8. The number of methoxy groups -OCH3 is 2. The lowest BCUT2D eigenvalue weighted by Crippen LogP contribution is -2.27. The fourth-order valence-corrected chi connectivity index (χ4v) is 4.63. The van der Waals surface area contributed by atoms with E-state index in [0.29, 0.717) is 5.75 Å². The molecule has 0 saturated carbocycles. The molecule has 0 radical (unpaired) electrons. The average molecular weight is 492 g/mol. The third-order valence-electron chi connectivity index (χ3n) is 6.41. The Hall–Kier alpha value is -2.51. The summed E-state index contributed by atoms with van der Waals surface area (Å²) in [7, 11) is 2.99. The third-order valence-corrected chi connectivity index (χ3v) is 6.67. The minimum Gasteiger partial charge on any atom is -0.493 e. The lowest BCUT2D eigenvalue weighted by Gasteiger charge is -2.17. The van der Waals surface area contributed by atoms with Gasteiger partial charge in [-0.25, -0.2) is 4.39 Å². The first kappa shape index (κ1) is 26.1. The highest BCUT2D eigenvalue weighted by molar-refractivity contribution is 6.30.